The Labute approximate surface area is 99.2 Å². The Morgan fingerprint density at radius 2 is 2.25 bits per heavy atom. The van der Waals surface area contributed by atoms with Crippen LogP contribution in [0.5, 0.6) is 0 Å². The van der Waals surface area contributed by atoms with E-state index in [1.807, 2.05) is 4.68 Å². The molecular weight excluding hydrogens is 228 g/mol. The molecule has 5 nitrogen and oxygen atoms in total. The highest BCUT2D eigenvalue weighted by Gasteiger charge is 2.16. The summed E-state index contributed by atoms with van der Waals surface area (Å²) in [4.78, 5) is 10.9. The van der Waals surface area contributed by atoms with Gasteiger partial charge in [-0.05, 0) is 25.7 Å². The van der Waals surface area contributed by atoms with Gasteiger partial charge in [0.25, 0.3) is 0 Å². The van der Waals surface area contributed by atoms with Crippen molar-refractivity contribution in [1.82, 2.24) is 20.3 Å². The maximum absolute atomic E-state index is 10.9. The number of nitrogens with one attached hydrogen (secondary N) is 1. The maximum atomic E-state index is 10.9. The number of hydrogen-bond donors (Lipinski definition) is 1. The third-order valence-electron chi connectivity index (χ3n) is 2.76. The number of halogens is 1. The molecule has 0 bridgehead atoms. The van der Waals surface area contributed by atoms with Crippen molar-refractivity contribution in [3.8, 4) is 0 Å². The van der Waals surface area contributed by atoms with Gasteiger partial charge in [-0.2, -0.15) is 0 Å². The van der Waals surface area contributed by atoms with Crippen LogP contribution >= 0.6 is 11.6 Å². The summed E-state index contributed by atoms with van der Waals surface area (Å²) in [5.41, 5.74) is 2.35. The van der Waals surface area contributed by atoms with Crippen LogP contribution in [-0.4, -0.2) is 33.3 Å². The summed E-state index contributed by atoms with van der Waals surface area (Å²) in [5.74, 6) is -0.134. The summed E-state index contributed by atoms with van der Waals surface area (Å²) in [7, 11) is 0. The van der Waals surface area contributed by atoms with Gasteiger partial charge in [0.15, 0.2) is 0 Å². The molecule has 1 heterocycles. The molecule has 0 saturated heterocycles. The first-order chi connectivity index (χ1) is 7.81. The number of carbonyl (C=O) groups excluding carboxylic acids is 1. The topological polar surface area (TPSA) is 59.8 Å². The first-order valence-electron chi connectivity index (χ1n) is 5.55. The molecule has 0 saturated carbocycles. The molecule has 16 heavy (non-hydrogen) atoms. The van der Waals surface area contributed by atoms with Gasteiger partial charge >= 0.3 is 0 Å². The van der Waals surface area contributed by atoms with Gasteiger partial charge < -0.3 is 5.32 Å². The number of fused-ring (bicyclic) bond motifs is 1. The summed E-state index contributed by atoms with van der Waals surface area (Å²) in [6.07, 6.45) is 4.48. The molecule has 88 valence electrons. The molecule has 0 spiro atoms. The van der Waals surface area contributed by atoms with E-state index in [-0.39, 0.29) is 11.8 Å². The number of carbonyl (C=O) groups is 1. The lowest BCUT2D eigenvalue weighted by Crippen LogP contribution is -2.28. The monoisotopic (exact) mass is 242 g/mol. The number of hydrogen-bond acceptors (Lipinski definition) is 3. The molecule has 6 heteroatoms. The van der Waals surface area contributed by atoms with E-state index in [0.29, 0.717) is 13.1 Å². The van der Waals surface area contributed by atoms with Crippen molar-refractivity contribution in [3.05, 3.63) is 11.4 Å². The molecule has 1 amide bonds. The second-order valence-corrected chi connectivity index (χ2v) is 4.16. The van der Waals surface area contributed by atoms with E-state index in [0.717, 1.165) is 18.5 Å². The van der Waals surface area contributed by atoms with Crippen LogP contribution in [0.4, 0.5) is 0 Å². The fraction of sp³-hybridized carbons (Fsp3) is 0.700. The van der Waals surface area contributed by atoms with Crippen LogP contribution < -0.4 is 5.32 Å². The molecule has 0 unspecified atom stereocenters. The quantitative estimate of drug-likeness (QED) is 0.783. The lowest BCUT2D eigenvalue weighted by atomic mass is 10.0. The normalized spacial score (nSPS) is 14.6. The second-order valence-electron chi connectivity index (χ2n) is 3.90. The van der Waals surface area contributed by atoms with Gasteiger partial charge in [0.05, 0.1) is 17.9 Å². The summed E-state index contributed by atoms with van der Waals surface area (Å²) in [6, 6.07) is 0. The standard InChI is InChI=1S/C10H15ClN4O/c11-7-10(16)12-5-6-15-9-4-2-1-3-8(9)13-14-15/h1-7H2,(H,12,16). The zero-order chi connectivity index (χ0) is 11.4. The molecule has 0 radical (unpaired) electrons. The van der Waals surface area contributed by atoms with E-state index in [4.69, 9.17) is 11.6 Å². The Kier molecular flexibility index (Phi) is 3.77. The number of aryl methyl sites for hydroxylation is 1. The predicted octanol–water partition coefficient (Wildman–Crippen LogP) is 0.512. The minimum atomic E-state index is -0.143. The number of nitrogens with zero attached hydrogens (tertiary/aromatic N) is 3. The van der Waals surface area contributed by atoms with Gasteiger partial charge in [0.2, 0.25) is 5.91 Å². The Hall–Kier alpha value is -1.10. The van der Waals surface area contributed by atoms with Crippen molar-refractivity contribution in [1.29, 1.82) is 0 Å². The van der Waals surface area contributed by atoms with E-state index in [2.05, 4.69) is 15.6 Å². The Bertz CT molecular complexity index is 377. The zero-order valence-electron chi connectivity index (χ0n) is 9.08. The first-order valence-corrected chi connectivity index (χ1v) is 6.08. The van der Waals surface area contributed by atoms with Crippen LogP contribution in [0.2, 0.25) is 0 Å². The predicted molar refractivity (Wildman–Crippen MR) is 60.4 cm³/mol. The molecule has 2 rings (SSSR count). The van der Waals surface area contributed by atoms with Gasteiger partial charge in [0.1, 0.15) is 5.88 Å². The highest BCUT2D eigenvalue weighted by molar-refractivity contribution is 6.27. The number of alkyl halides is 1. The van der Waals surface area contributed by atoms with Gasteiger partial charge in [-0.25, -0.2) is 4.68 Å². The average Bonchev–Trinajstić information content (AvgIpc) is 2.73. The van der Waals surface area contributed by atoms with Gasteiger partial charge in [-0.1, -0.05) is 5.21 Å². The molecule has 0 aromatic carbocycles. The molecule has 0 atom stereocenters. The second kappa shape index (κ2) is 5.30. The van der Waals surface area contributed by atoms with Crippen molar-refractivity contribution in [3.63, 3.8) is 0 Å². The smallest absolute Gasteiger partial charge is 0.234 e. The lowest BCUT2D eigenvalue weighted by Gasteiger charge is -2.12. The Balaban J connectivity index is 1.89. The van der Waals surface area contributed by atoms with Crippen molar-refractivity contribution in [2.45, 2.75) is 32.2 Å². The lowest BCUT2D eigenvalue weighted by molar-refractivity contribution is -0.118. The summed E-state index contributed by atoms with van der Waals surface area (Å²) in [6.45, 7) is 1.23. The Morgan fingerprint density at radius 1 is 1.44 bits per heavy atom. The van der Waals surface area contributed by atoms with Crippen molar-refractivity contribution in [2.75, 3.05) is 12.4 Å². The van der Waals surface area contributed by atoms with Crippen LogP contribution in [0.3, 0.4) is 0 Å². The zero-order valence-corrected chi connectivity index (χ0v) is 9.83. The van der Waals surface area contributed by atoms with E-state index >= 15 is 0 Å². The first kappa shape index (κ1) is 11.4. The molecule has 0 aliphatic heterocycles. The molecule has 1 aliphatic carbocycles. The SMILES string of the molecule is O=C(CCl)NCCn1nnc2c1CCCC2. The maximum Gasteiger partial charge on any atom is 0.234 e. The fourth-order valence-corrected chi connectivity index (χ4v) is 2.04. The molecule has 1 aromatic rings. The summed E-state index contributed by atoms with van der Waals surface area (Å²) >= 11 is 5.38. The molecule has 0 fully saturated rings. The Morgan fingerprint density at radius 3 is 3.06 bits per heavy atom. The van der Waals surface area contributed by atoms with E-state index in [9.17, 15) is 4.79 Å². The van der Waals surface area contributed by atoms with Crippen molar-refractivity contribution < 1.29 is 4.79 Å². The highest BCUT2D eigenvalue weighted by Crippen LogP contribution is 2.18. The van der Waals surface area contributed by atoms with Crippen molar-refractivity contribution in [2.24, 2.45) is 0 Å². The summed E-state index contributed by atoms with van der Waals surface area (Å²) < 4.78 is 1.89. The van der Waals surface area contributed by atoms with Gasteiger partial charge in [0, 0.05) is 6.54 Å². The largest absolute Gasteiger partial charge is 0.353 e. The molecule has 1 aromatic heterocycles. The van der Waals surface area contributed by atoms with Crippen LogP contribution in [-0.2, 0) is 24.2 Å². The van der Waals surface area contributed by atoms with Crippen LogP contribution in [0.25, 0.3) is 0 Å². The van der Waals surface area contributed by atoms with Gasteiger partial charge in [-0.15, -0.1) is 16.7 Å². The van der Waals surface area contributed by atoms with E-state index in [1.54, 1.807) is 0 Å². The third-order valence-corrected chi connectivity index (χ3v) is 3.01. The van der Waals surface area contributed by atoms with Crippen LogP contribution in [0.1, 0.15) is 24.2 Å². The van der Waals surface area contributed by atoms with E-state index in [1.165, 1.54) is 18.5 Å². The minimum Gasteiger partial charge on any atom is -0.353 e. The molecule has 1 aliphatic rings. The third kappa shape index (κ3) is 2.52. The minimum absolute atomic E-state index is 0.00939. The van der Waals surface area contributed by atoms with Crippen LogP contribution in [0.15, 0.2) is 0 Å². The number of rotatable bonds is 4. The van der Waals surface area contributed by atoms with Gasteiger partial charge in [-0.3, -0.25) is 4.79 Å². The van der Waals surface area contributed by atoms with Crippen molar-refractivity contribution >= 4 is 17.5 Å². The van der Waals surface area contributed by atoms with Crippen LogP contribution in [0, 0.1) is 0 Å². The number of aromatic nitrogens is 3. The van der Waals surface area contributed by atoms with E-state index < -0.39 is 0 Å². The average molecular weight is 243 g/mol. The highest BCUT2D eigenvalue weighted by atomic mass is 35.5. The fourth-order valence-electron chi connectivity index (χ4n) is 1.95. The molecule has 1 N–H and O–H groups in total. The summed E-state index contributed by atoms with van der Waals surface area (Å²) in [5, 5.41) is 11.0. The molecular formula is C10H15ClN4O. The number of amides is 1.